The third kappa shape index (κ3) is 3.45. The molecule has 2 N–H and O–H groups in total. The van der Waals surface area contributed by atoms with E-state index >= 15 is 0 Å². The highest BCUT2D eigenvalue weighted by Crippen LogP contribution is 2.28. The van der Waals surface area contributed by atoms with Gasteiger partial charge in [0.2, 0.25) is 10.0 Å². The summed E-state index contributed by atoms with van der Waals surface area (Å²) in [5.74, 6) is 0. The lowest BCUT2D eigenvalue weighted by atomic mass is 10.2. The van der Waals surface area contributed by atoms with Crippen molar-refractivity contribution in [1.29, 1.82) is 0 Å². The van der Waals surface area contributed by atoms with Crippen molar-refractivity contribution in [3.8, 4) is 0 Å². The van der Waals surface area contributed by atoms with Gasteiger partial charge in [-0.2, -0.15) is 4.31 Å². The molecule has 0 amide bonds. The number of piperazine rings is 1. The summed E-state index contributed by atoms with van der Waals surface area (Å²) in [6, 6.07) is 5.07. The van der Waals surface area contributed by atoms with Crippen LogP contribution in [0, 0.1) is 0 Å². The fourth-order valence-corrected chi connectivity index (χ4v) is 4.41. The number of ether oxygens (including phenoxy) is 1. The lowest BCUT2D eigenvalue weighted by Gasteiger charge is -2.35. The molecule has 1 aromatic carbocycles. The SMILES string of the molecule is CN1CCN(c2ccc(S(=O)(=O)N3CCOCC3)cc2N)CC1. The minimum absolute atomic E-state index is 0.259. The predicted octanol–water partition coefficient (Wildman–Crippen LogP) is 0.0415. The summed E-state index contributed by atoms with van der Waals surface area (Å²) in [5.41, 5.74) is 7.58. The smallest absolute Gasteiger partial charge is 0.243 e. The quantitative estimate of drug-likeness (QED) is 0.783. The number of sulfonamides is 1. The first kappa shape index (κ1) is 16.5. The van der Waals surface area contributed by atoms with E-state index in [1.54, 1.807) is 12.1 Å². The molecule has 2 aliphatic heterocycles. The maximum Gasteiger partial charge on any atom is 0.243 e. The highest BCUT2D eigenvalue weighted by molar-refractivity contribution is 7.89. The number of nitrogens with two attached hydrogens (primary N) is 1. The van der Waals surface area contributed by atoms with Crippen molar-refractivity contribution in [2.24, 2.45) is 0 Å². The van der Waals surface area contributed by atoms with Gasteiger partial charge in [0, 0.05) is 39.3 Å². The average Bonchev–Trinajstić information content (AvgIpc) is 2.56. The first-order chi connectivity index (χ1) is 11.0. The van der Waals surface area contributed by atoms with Crippen LogP contribution in [-0.2, 0) is 14.8 Å². The first-order valence-electron chi connectivity index (χ1n) is 7.89. The molecule has 1 aromatic rings. The van der Waals surface area contributed by atoms with Crippen LogP contribution in [0.25, 0.3) is 0 Å². The van der Waals surface area contributed by atoms with Crippen LogP contribution in [0.4, 0.5) is 11.4 Å². The van der Waals surface area contributed by atoms with Crippen molar-refractivity contribution < 1.29 is 13.2 Å². The van der Waals surface area contributed by atoms with E-state index in [4.69, 9.17) is 10.5 Å². The van der Waals surface area contributed by atoms with Gasteiger partial charge in [-0.3, -0.25) is 0 Å². The van der Waals surface area contributed by atoms with E-state index in [1.165, 1.54) is 4.31 Å². The van der Waals surface area contributed by atoms with Crippen molar-refractivity contribution in [3.63, 3.8) is 0 Å². The molecule has 2 aliphatic rings. The highest BCUT2D eigenvalue weighted by Gasteiger charge is 2.27. The van der Waals surface area contributed by atoms with E-state index < -0.39 is 10.0 Å². The molecule has 0 radical (unpaired) electrons. The van der Waals surface area contributed by atoms with Gasteiger partial charge in [0.25, 0.3) is 0 Å². The summed E-state index contributed by atoms with van der Waals surface area (Å²) in [4.78, 5) is 4.74. The molecule has 8 heteroatoms. The number of nitrogens with zero attached hydrogens (tertiary/aromatic N) is 3. The van der Waals surface area contributed by atoms with Crippen LogP contribution in [-0.4, -0.2) is 77.2 Å². The highest BCUT2D eigenvalue weighted by atomic mass is 32.2. The molecule has 2 fully saturated rings. The van der Waals surface area contributed by atoms with Gasteiger partial charge < -0.3 is 20.3 Å². The number of morpholine rings is 1. The molecular weight excluding hydrogens is 316 g/mol. The summed E-state index contributed by atoms with van der Waals surface area (Å²) in [5, 5.41) is 0. The molecule has 2 saturated heterocycles. The second kappa shape index (κ2) is 6.64. The predicted molar refractivity (Wildman–Crippen MR) is 90.1 cm³/mol. The van der Waals surface area contributed by atoms with Gasteiger partial charge >= 0.3 is 0 Å². The molecule has 0 bridgehead atoms. The van der Waals surface area contributed by atoms with E-state index in [0.717, 1.165) is 31.9 Å². The van der Waals surface area contributed by atoms with E-state index in [2.05, 4.69) is 16.8 Å². The van der Waals surface area contributed by atoms with Gasteiger partial charge in [-0.05, 0) is 25.2 Å². The Morgan fingerprint density at radius 3 is 2.30 bits per heavy atom. The summed E-state index contributed by atoms with van der Waals surface area (Å²) in [6.45, 7) is 5.42. The Kier molecular flexibility index (Phi) is 4.77. The molecule has 3 rings (SSSR count). The zero-order valence-corrected chi connectivity index (χ0v) is 14.3. The Bertz CT molecular complexity index is 651. The number of benzene rings is 1. The van der Waals surface area contributed by atoms with Gasteiger partial charge in [0.05, 0.1) is 29.5 Å². The normalized spacial score (nSPS) is 21.5. The standard InChI is InChI=1S/C15H24N4O3S/c1-17-4-6-18(7-5-17)15-3-2-13(12-14(15)16)23(20,21)19-8-10-22-11-9-19/h2-3,12H,4-11,16H2,1H3. The van der Waals surface area contributed by atoms with Gasteiger partial charge in [0.1, 0.15) is 0 Å². The Balaban J connectivity index is 1.81. The van der Waals surface area contributed by atoms with Crippen molar-refractivity contribution in [2.45, 2.75) is 4.90 Å². The van der Waals surface area contributed by atoms with E-state index in [9.17, 15) is 8.42 Å². The van der Waals surface area contributed by atoms with Gasteiger partial charge in [-0.25, -0.2) is 8.42 Å². The Morgan fingerprint density at radius 2 is 1.70 bits per heavy atom. The van der Waals surface area contributed by atoms with Crippen LogP contribution >= 0.6 is 0 Å². The zero-order valence-electron chi connectivity index (χ0n) is 13.4. The molecule has 0 aromatic heterocycles. The summed E-state index contributed by atoms with van der Waals surface area (Å²) >= 11 is 0. The largest absolute Gasteiger partial charge is 0.397 e. The zero-order chi connectivity index (χ0) is 16.4. The van der Waals surface area contributed by atoms with Crippen LogP contribution in [0.3, 0.4) is 0 Å². The number of hydrogen-bond acceptors (Lipinski definition) is 6. The third-order valence-electron chi connectivity index (χ3n) is 4.45. The number of anilines is 2. The molecule has 0 unspecified atom stereocenters. The Labute approximate surface area is 137 Å². The monoisotopic (exact) mass is 340 g/mol. The van der Waals surface area contributed by atoms with E-state index in [-0.39, 0.29) is 4.90 Å². The number of hydrogen-bond donors (Lipinski definition) is 1. The molecule has 0 spiro atoms. The van der Waals surface area contributed by atoms with Crippen molar-refractivity contribution >= 4 is 21.4 Å². The number of likely N-dealkylation sites (N-methyl/N-ethyl adjacent to an activating group) is 1. The number of rotatable bonds is 3. The summed E-state index contributed by atoms with van der Waals surface area (Å²) in [6.07, 6.45) is 0. The lowest BCUT2D eigenvalue weighted by Crippen LogP contribution is -2.44. The van der Waals surface area contributed by atoms with Crippen LogP contribution in [0.5, 0.6) is 0 Å². The Morgan fingerprint density at radius 1 is 1.04 bits per heavy atom. The van der Waals surface area contributed by atoms with Gasteiger partial charge in [-0.15, -0.1) is 0 Å². The van der Waals surface area contributed by atoms with Gasteiger partial charge in [-0.1, -0.05) is 0 Å². The van der Waals surface area contributed by atoms with Crippen molar-refractivity contribution in [1.82, 2.24) is 9.21 Å². The van der Waals surface area contributed by atoms with Crippen molar-refractivity contribution in [2.75, 3.05) is 70.2 Å². The first-order valence-corrected chi connectivity index (χ1v) is 9.33. The van der Waals surface area contributed by atoms with Crippen LogP contribution in [0.1, 0.15) is 0 Å². The maximum absolute atomic E-state index is 12.7. The number of nitrogen functional groups attached to an aromatic ring is 1. The molecule has 0 atom stereocenters. The molecular formula is C15H24N4O3S. The van der Waals surface area contributed by atoms with Gasteiger partial charge in [0.15, 0.2) is 0 Å². The maximum atomic E-state index is 12.7. The van der Waals surface area contributed by atoms with Crippen molar-refractivity contribution in [3.05, 3.63) is 18.2 Å². The molecule has 7 nitrogen and oxygen atoms in total. The van der Waals surface area contributed by atoms with Crippen LogP contribution in [0.15, 0.2) is 23.1 Å². The second-order valence-corrected chi connectivity index (χ2v) is 7.97. The van der Waals surface area contributed by atoms with Crippen LogP contribution < -0.4 is 10.6 Å². The summed E-state index contributed by atoms with van der Waals surface area (Å²) < 4.78 is 32.0. The summed E-state index contributed by atoms with van der Waals surface area (Å²) in [7, 11) is -1.40. The fraction of sp³-hybridized carbons (Fsp3) is 0.600. The second-order valence-electron chi connectivity index (χ2n) is 6.03. The fourth-order valence-electron chi connectivity index (χ4n) is 2.96. The molecule has 128 valence electrons. The minimum atomic E-state index is -3.49. The van der Waals surface area contributed by atoms with E-state index in [0.29, 0.717) is 32.0 Å². The molecule has 0 aliphatic carbocycles. The van der Waals surface area contributed by atoms with E-state index in [1.807, 2.05) is 6.07 Å². The average molecular weight is 340 g/mol. The third-order valence-corrected chi connectivity index (χ3v) is 6.35. The topological polar surface area (TPSA) is 79.1 Å². The van der Waals surface area contributed by atoms with Crippen LogP contribution in [0.2, 0.25) is 0 Å². The molecule has 2 heterocycles. The molecule has 0 saturated carbocycles. The lowest BCUT2D eigenvalue weighted by molar-refractivity contribution is 0.0730. The molecule has 23 heavy (non-hydrogen) atoms. The Hall–Kier alpha value is -1.35. The minimum Gasteiger partial charge on any atom is -0.397 e.